The third kappa shape index (κ3) is 1.72. The lowest BCUT2D eigenvalue weighted by Crippen LogP contribution is -2.57. The van der Waals surface area contributed by atoms with Crippen molar-refractivity contribution in [1.29, 1.82) is 0 Å². The normalized spacial score (nSPS) is 25.7. The second-order valence-electron chi connectivity index (χ2n) is 4.23. The number of hydrogen-bond donors (Lipinski definition) is 1. The number of amides is 2. The first-order chi connectivity index (χ1) is 7.04. The van der Waals surface area contributed by atoms with Crippen molar-refractivity contribution in [3.05, 3.63) is 0 Å². The number of ether oxygens (including phenoxy) is 1. The largest absolute Gasteiger partial charge is 0.447 e. The number of nitrogens with two attached hydrogens (primary N) is 1. The maximum Gasteiger partial charge on any atom is 0.416 e. The molecule has 15 heavy (non-hydrogen) atoms. The van der Waals surface area contributed by atoms with E-state index in [9.17, 15) is 9.59 Å². The van der Waals surface area contributed by atoms with Gasteiger partial charge in [-0.3, -0.25) is 4.79 Å². The number of nitrogens with zero attached hydrogens (tertiary/aromatic N) is 1. The number of rotatable bonds is 2. The van der Waals surface area contributed by atoms with Crippen LogP contribution in [0.25, 0.3) is 0 Å². The predicted molar refractivity (Wildman–Crippen MR) is 56.5 cm³/mol. The highest BCUT2D eigenvalue weighted by atomic mass is 32.2. The monoisotopic (exact) mass is 230 g/mol. The molecular weight excluding hydrogens is 216 g/mol. The summed E-state index contributed by atoms with van der Waals surface area (Å²) in [7, 11) is 0. The Labute approximate surface area is 92.3 Å². The molecule has 0 bridgehead atoms. The van der Waals surface area contributed by atoms with Crippen LogP contribution in [0.15, 0.2) is 0 Å². The molecule has 84 valence electrons. The molecule has 0 aromatic carbocycles. The average molecular weight is 230 g/mol. The van der Waals surface area contributed by atoms with Gasteiger partial charge in [0.15, 0.2) is 0 Å². The van der Waals surface area contributed by atoms with Crippen LogP contribution in [0.4, 0.5) is 4.79 Å². The minimum atomic E-state index is -0.593. The Hall–Kier alpha value is -0.750. The molecule has 2 N–H and O–H groups in total. The van der Waals surface area contributed by atoms with Crippen molar-refractivity contribution < 1.29 is 14.3 Å². The molecule has 6 heteroatoms. The van der Waals surface area contributed by atoms with Gasteiger partial charge in [0.2, 0.25) is 5.91 Å². The fraction of sp³-hybridized carbons (Fsp3) is 0.778. The van der Waals surface area contributed by atoms with Gasteiger partial charge >= 0.3 is 6.09 Å². The highest BCUT2D eigenvalue weighted by Gasteiger charge is 2.45. The first-order valence-electron chi connectivity index (χ1n) is 4.86. The lowest BCUT2D eigenvalue weighted by Gasteiger charge is -2.42. The number of imide groups is 1. The standard InChI is InChI=1S/C9H14N2O3S/c1-9(4-15-5-9)6(10)7(12)11-2-3-14-8(11)13/h6H,2-5,10H2,1H3. The number of thioether (sulfide) groups is 1. The zero-order valence-electron chi connectivity index (χ0n) is 8.56. The molecule has 2 aliphatic rings. The predicted octanol–water partition coefficient (Wildman–Crippen LogP) is 0.0456. The molecule has 2 fully saturated rings. The van der Waals surface area contributed by atoms with Gasteiger partial charge in [0.25, 0.3) is 0 Å². The second-order valence-corrected chi connectivity index (χ2v) is 5.21. The third-order valence-electron chi connectivity index (χ3n) is 2.91. The summed E-state index contributed by atoms with van der Waals surface area (Å²) in [5.74, 6) is 1.45. The molecule has 2 aliphatic heterocycles. The summed E-state index contributed by atoms with van der Waals surface area (Å²) in [5.41, 5.74) is 5.72. The Kier molecular flexibility index (Phi) is 2.64. The molecule has 0 aromatic rings. The van der Waals surface area contributed by atoms with E-state index < -0.39 is 12.1 Å². The first kappa shape index (κ1) is 10.8. The van der Waals surface area contributed by atoms with Crippen LogP contribution in [-0.2, 0) is 9.53 Å². The number of hydrogen-bond acceptors (Lipinski definition) is 5. The van der Waals surface area contributed by atoms with Gasteiger partial charge in [0.05, 0.1) is 12.6 Å². The van der Waals surface area contributed by atoms with Gasteiger partial charge < -0.3 is 10.5 Å². The Morgan fingerprint density at radius 3 is 2.73 bits per heavy atom. The van der Waals surface area contributed by atoms with Crippen LogP contribution in [0, 0.1) is 5.41 Å². The summed E-state index contributed by atoms with van der Waals surface area (Å²) in [5, 5.41) is 0. The van der Waals surface area contributed by atoms with Crippen LogP contribution in [0.2, 0.25) is 0 Å². The maximum atomic E-state index is 11.9. The summed E-state index contributed by atoms with van der Waals surface area (Å²) in [6.07, 6.45) is -0.564. The smallest absolute Gasteiger partial charge is 0.416 e. The summed E-state index contributed by atoms with van der Waals surface area (Å²) < 4.78 is 4.71. The van der Waals surface area contributed by atoms with Gasteiger partial charge in [-0.1, -0.05) is 6.92 Å². The van der Waals surface area contributed by atoms with E-state index in [2.05, 4.69) is 0 Å². The molecule has 1 atom stereocenters. The number of carbonyl (C=O) groups is 2. The molecule has 2 amide bonds. The lowest BCUT2D eigenvalue weighted by atomic mass is 9.85. The SMILES string of the molecule is CC1(C(N)C(=O)N2CCOC2=O)CSC1. The van der Waals surface area contributed by atoms with Crippen molar-refractivity contribution in [3.63, 3.8) is 0 Å². The van der Waals surface area contributed by atoms with Gasteiger partial charge in [-0.05, 0) is 0 Å². The quantitative estimate of drug-likeness (QED) is 0.725. The van der Waals surface area contributed by atoms with E-state index in [4.69, 9.17) is 10.5 Å². The molecule has 0 aromatic heterocycles. The average Bonchev–Trinajstić information content (AvgIpc) is 2.58. The first-order valence-corrected chi connectivity index (χ1v) is 6.01. The van der Waals surface area contributed by atoms with Crippen molar-refractivity contribution in [2.45, 2.75) is 13.0 Å². The van der Waals surface area contributed by atoms with Crippen LogP contribution in [0.5, 0.6) is 0 Å². The minimum Gasteiger partial charge on any atom is -0.447 e. The molecule has 2 rings (SSSR count). The van der Waals surface area contributed by atoms with Crippen LogP contribution >= 0.6 is 11.8 Å². The van der Waals surface area contributed by atoms with E-state index in [1.165, 1.54) is 0 Å². The van der Waals surface area contributed by atoms with Crippen LogP contribution in [0.3, 0.4) is 0 Å². The summed E-state index contributed by atoms with van der Waals surface area (Å²) >= 11 is 1.77. The van der Waals surface area contributed by atoms with Crippen LogP contribution in [-0.4, -0.2) is 47.6 Å². The third-order valence-corrected chi connectivity index (χ3v) is 4.63. The molecule has 1 unspecified atom stereocenters. The van der Waals surface area contributed by atoms with E-state index in [0.29, 0.717) is 6.54 Å². The molecular formula is C9H14N2O3S. The van der Waals surface area contributed by atoms with E-state index in [0.717, 1.165) is 16.4 Å². The van der Waals surface area contributed by atoms with Crippen molar-refractivity contribution in [2.24, 2.45) is 11.1 Å². The lowest BCUT2D eigenvalue weighted by molar-refractivity contribution is -0.131. The van der Waals surface area contributed by atoms with E-state index in [1.54, 1.807) is 11.8 Å². The number of carbonyl (C=O) groups excluding carboxylic acids is 2. The molecule has 0 spiro atoms. The highest BCUT2D eigenvalue weighted by Crippen LogP contribution is 2.40. The van der Waals surface area contributed by atoms with Crippen molar-refractivity contribution in [2.75, 3.05) is 24.7 Å². The topological polar surface area (TPSA) is 72.6 Å². The maximum absolute atomic E-state index is 11.9. The summed E-state index contributed by atoms with van der Waals surface area (Å²) in [4.78, 5) is 24.2. The van der Waals surface area contributed by atoms with Crippen molar-refractivity contribution >= 4 is 23.8 Å². The zero-order chi connectivity index (χ0) is 11.1. The molecule has 0 saturated carbocycles. The van der Waals surface area contributed by atoms with Gasteiger partial charge in [0, 0.05) is 16.9 Å². The second kappa shape index (κ2) is 3.68. The Bertz CT molecular complexity index is 304. The fourth-order valence-corrected chi connectivity index (χ4v) is 2.87. The molecule has 0 radical (unpaired) electrons. The zero-order valence-corrected chi connectivity index (χ0v) is 9.38. The molecule has 5 nitrogen and oxygen atoms in total. The summed E-state index contributed by atoms with van der Waals surface area (Å²) in [6.45, 7) is 2.59. The van der Waals surface area contributed by atoms with Crippen molar-refractivity contribution in [3.8, 4) is 0 Å². The van der Waals surface area contributed by atoms with E-state index >= 15 is 0 Å². The fourth-order valence-electron chi connectivity index (χ4n) is 1.66. The minimum absolute atomic E-state index is 0.162. The van der Waals surface area contributed by atoms with Gasteiger partial charge in [0.1, 0.15) is 6.61 Å². The molecule has 0 aliphatic carbocycles. The van der Waals surface area contributed by atoms with Crippen LogP contribution in [0.1, 0.15) is 6.92 Å². The van der Waals surface area contributed by atoms with Gasteiger partial charge in [-0.25, -0.2) is 9.69 Å². The molecule has 2 saturated heterocycles. The number of cyclic esters (lactones) is 1. The van der Waals surface area contributed by atoms with Crippen molar-refractivity contribution in [1.82, 2.24) is 4.90 Å². The highest BCUT2D eigenvalue weighted by molar-refractivity contribution is 8.00. The Balaban J connectivity index is 2.04. The Morgan fingerprint density at radius 1 is 1.67 bits per heavy atom. The van der Waals surface area contributed by atoms with E-state index in [1.807, 2.05) is 6.92 Å². The Morgan fingerprint density at radius 2 is 2.33 bits per heavy atom. The van der Waals surface area contributed by atoms with Crippen LogP contribution < -0.4 is 5.73 Å². The van der Waals surface area contributed by atoms with Gasteiger partial charge in [-0.2, -0.15) is 11.8 Å². The van der Waals surface area contributed by atoms with Gasteiger partial charge in [-0.15, -0.1) is 0 Å². The van der Waals surface area contributed by atoms with E-state index in [-0.39, 0.29) is 17.9 Å². The molecule has 2 heterocycles. The summed E-state index contributed by atoms with van der Waals surface area (Å²) in [6, 6.07) is -0.593.